The molecular weight excluding hydrogens is 381 g/mol. The molecular formula is C21H25Cl2N3O. The van der Waals surface area contributed by atoms with E-state index in [1.54, 1.807) is 0 Å². The molecule has 0 bridgehead atoms. The lowest BCUT2D eigenvalue weighted by Gasteiger charge is -2.36. The van der Waals surface area contributed by atoms with Gasteiger partial charge in [0.2, 0.25) is 0 Å². The molecule has 1 aliphatic rings. The molecule has 2 aromatic carbocycles. The Hall–Kier alpha value is -1.75. The van der Waals surface area contributed by atoms with E-state index in [1.165, 1.54) is 0 Å². The highest BCUT2D eigenvalue weighted by atomic mass is 35.5. The molecule has 1 fully saturated rings. The van der Waals surface area contributed by atoms with Crippen LogP contribution in [0.5, 0.6) is 0 Å². The smallest absolute Gasteiger partial charge is 0.251 e. The van der Waals surface area contributed by atoms with Crippen molar-refractivity contribution in [1.29, 1.82) is 0 Å². The van der Waals surface area contributed by atoms with E-state index < -0.39 is 0 Å². The van der Waals surface area contributed by atoms with E-state index in [0.717, 1.165) is 51.3 Å². The van der Waals surface area contributed by atoms with E-state index in [1.807, 2.05) is 48.5 Å². The molecule has 6 heteroatoms. The van der Waals surface area contributed by atoms with Crippen LogP contribution in [-0.2, 0) is 0 Å². The molecule has 0 aromatic heterocycles. The lowest BCUT2D eigenvalue weighted by Crippen LogP contribution is -2.46. The molecule has 0 aliphatic carbocycles. The fraction of sp³-hybridized carbons (Fsp3) is 0.381. The van der Waals surface area contributed by atoms with Crippen molar-refractivity contribution < 1.29 is 4.79 Å². The summed E-state index contributed by atoms with van der Waals surface area (Å²) >= 11 is 12.5. The summed E-state index contributed by atoms with van der Waals surface area (Å²) in [5.74, 6) is 0.00242. The Labute approximate surface area is 171 Å². The van der Waals surface area contributed by atoms with Crippen molar-refractivity contribution in [3.63, 3.8) is 0 Å². The normalized spacial score (nSPS) is 15.0. The predicted octanol–water partition coefficient (Wildman–Crippen LogP) is 4.33. The first-order valence-electron chi connectivity index (χ1n) is 9.40. The van der Waals surface area contributed by atoms with Crippen molar-refractivity contribution in [2.45, 2.75) is 12.8 Å². The number of halogens is 2. The number of nitrogens with zero attached hydrogens (tertiary/aromatic N) is 2. The van der Waals surface area contributed by atoms with E-state index in [2.05, 4.69) is 15.1 Å². The molecule has 1 N–H and O–H groups in total. The summed E-state index contributed by atoms with van der Waals surface area (Å²) in [5.41, 5.74) is 1.74. The van der Waals surface area contributed by atoms with Crippen molar-refractivity contribution in [2.75, 3.05) is 44.2 Å². The monoisotopic (exact) mass is 405 g/mol. The quantitative estimate of drug-likeness (QED) is 0.696. The Morgan fingerprint density at radius 1 is 0.926 bits per heavy atom. The Morgan fingerprint density at radius 3 is 2.41 bits per heavy atom. The molecule has 0 saturated carbocycles. The zero-order valence-corrected chi connectivity index (χ0v) is 16.8. The zero-order chi connectivity index (χ0) is 19.1. The van der Waals surface area contributed by atoms with Gasteiger partial charge < -0.3 is 10.2 Å². The third-order valence-electron chi connectivity index (χ3n) is 4.87. The van der Waals surface area contributed by atoms with Gasteiger partial charge in [0.25, 0.3) is 5.91 Å². The van der Waals surface area contributed by atoms with Crippen LogP contribution in [0, 0.1) is 0 Å². The highest BCUT2D eigenvalue weighted by molar-refractivity contribution is 6.43. The summed E-state index contributed by atoms with van der Waals surface area (Å²) in [6, 6.07) is 15.1. The Morgan fingerprint density at radius 2 is 1.67 bits per heavy atom. The highest BCUT2D eigenvalue weighted by Crippen LogP contribution is 2.32. The first-order chi connectivity index (χ1) is 13.1. The molecule has 27 heavy (non-hydrogen) atoms. The summed E-state index contributed by atoms with van der Waals surface area (Å²) < 4.78 is 0. The minimum Gasteiger partial charge on any atom is -0.368 e. The molecule has 1 amide bonds. The second-order valence-corrected chi connectivity index (χ2v) is 7.52. The summed E-state index contributed by atoms with van der Waals surface area (Å²) in [6.07, 6.45) is 2.06. The first kappa shape index (κ1) is 20.0. The maximum atomic E-state index is 12.0. The van der Waals surface area contributed by atoms with Crippen molar-refractivity contribution in [1.82, 2.24) is 10.2 Å². The lowest BCUT2D eigenvalue weighted by atomic mass is 10.2. The van der Waals surface area contributed by atoms with Crippen molar-refractivity contribution in [2.24, 2.45) is 0 Å². The van der Waals surface area contributed by atoms with Gasteiger partial charge in [-0.15, -0.1) is 0 Å². The molecule has 1 saturated heterocycles. The van der Waals surface area contributed by atoms with E-state index in [-0.39, 0.29) is 5.91 Å². The van der Waals surface area contributed by atoms with Gasteiger partial charge in [-0.1, -0.05) is 47.5 Å². The van der Waals surface area contributed by atoms with Crippen LogP contribution in [0.1, 0.15) is 23.2 Å². The number of piperazine rings is 1. The van der Waals surface area contributed by atoms with Gasteiger partial charge in [0.1, 0.15) is 0 Å². The van der Waals surface area contributed by atoms with Crippen LogP contribution >= 0.6 is 23.2 Å². The number of benzene rings is 2. The number of hydrogen-bond donors (Lipinski definition) is 1. The van der Waals surface area contributed by atoms with Crippen LogP contribution in [0.4, 0.5) is 5.69 Å². The minimum absolute atomic E-state index is 0.00242. The van der Waals surface area contributed by atoms with E-state index in [9.17, 15) is 4.79 Å². The van der Waals surface area contributed by atoms with Crippen molar-refractivity contribution in [3.05, 3.63) is 64.1 Å². The van der Waals surface area contributed by atoms with E-state index in [4.69, 9.17) is 23.2 Å². The summed E-state index contributed by atoms with van der Waals surface area (Å²) in [6.45, 7) is 5.69. The number of rotatable bonds is 7. The molecule has 144 valence electrons. The number of amides is 1. The van der Waals surface area contributed by atoms with Gasteiger partial charge in [-0.05, 0) is 43.7 Å². The van der Waals surface area contributed by atoms with E-state index in [0.29, 0.717) is 22.2 Å². The first-order valence-corrected chi connectivity index (χ1v) is 10.2. The predicted molar refractivity (Wildman–Crippen MR) is 113 cm³/mol. The highest BCUT2D eigenvalue weighted by Gasteiger charge is 2.19. The zero-order valence-electron chi connectivity index (χ0n) is 15.3. The lowest BCUT2D eigenvalue weighted by molar-refractivity contribution is 0.0952. The Kier molecular flexibility index (Phi) is 7.39. The number of hydrogen-bond acceptors (Lipinski definition) is 3. The fourth-order valence-electron chi connectivity index (χ4n) is 3.30. The minimum atomic E-state index is 0.00242. The van der Waals surface area contributed by atoms with Crippen LogP contribution in [-0.4, -0.2) is 50.1 Å². The summed E-state index contributed by atoms with van der Waals surface area (Å²) in [7, 11) is 0. The maximum Gasteiger partial charge on any atom is 0.251 e. The topological polar surface area (TPSA) is 35.6 Å². The van der Waals surface area contributed by atoms with Gasteiger partial charge in [-0.2, -0.15) is 0 Å². The van der Waals surface area contributed by atoms with Gasteiger partial charge in [0.05, 0.1) is 15.7 Å². The van der Waals surface area contributed by atoms with Crippen LogP contribution in [0.15, 0.2) is 48.5 Å². The second-order valence-electron chi connectivity index (χ2n) is 6.73. The molecule has 3 rings (SSSR count). The van der Waals surface area contributed by atoms with Gasteiger partial charge >= 0.3 is 0 Å². The largest absolute Gasteiger partial charge is 0.368 e. The van der Waals surface area contributed by atoms with Crippen molar-refractivity contribution >= 4 is 34.8 Å². The van der Waals surface area contributed by atoms with Gasteiger partial charge in [-0.3, -0.25) is 9.69 Å². The molecule has 0 atom stereocenters. The second kappa shape index (κ2) is 9.98. The van der Waals surface area contributed by atoms with E-state index >= 15 is 0 Å². The summed E-state index contributed by atoms with van der Waals surface area (Å²) in [4.78, 5) is 16.7. The average molecular weight is 406 g/mol. The molecule has 0 spiro atoms. The molecule has 1 aliphatic heterocycles. The molecule has 2 aromatic rings. The van der Waals surface area contributed by atoms with Crippen LogP contribution in [0.25, 0.3) is 0 Å². The number of carbonyl (C=O) groups is 1. The Balaban J connectivity index is 1.33. The molecule has 4 nitrogen and oxygen atoms in total. The van der Waals surface area contributed by atoms with Gasteiger partial charge in [-0.25, -0.2) is 0 Å². The van der Waals surface area contributed by atoms with Crippen LogP contribution in [0.2, 0.25) is 10.0 Å². The molecule has 0 unspecified atom stereocenters. The summed E-state index contributed by atoms with van der Waals surface area (Å²) in [5, 5.41) is 4.23. The Bertz CT molecular complexity index is 746. The third-order valence-corrected chi connectivity index (χ3v) is 5.68. The maximum absolute atomic E-state index is 12.0. The number of anilines is 1. The van der Waals surface area contributed by atoms with Crippen LogP contribution in [0.3, 0.4) is 0 Å². The SMILES string of the molecule is O=C(NCCCCN1CCN(c2cccc(Cl)c2Cl)CC1)c1ccccc1. The van der Waals surface area contributed by atoms with Crippen LogP contribution < -0.4 is 10.2 Å². The number of carbonyl (C=O) groups excluding carboxylic acids is 1. The fourth-order valence-corrected chi connectivity index (χ4v) is 3.72. The van der Waals surface area contributed by atoms with Crippen molar-refractivity contribution in [3.8, 4) is 0 Å². The molecule has 1 heterocycles. The standard InChI is InChI=1S/C21H25Cl2N3O/c22-18-9-6-10-19(20(18)23)26-15-13-25(14-16-26)12-5-4-11-24-21(27)17-7-2-1-3-8-17/h1-3,6-10H,4-5,11-16H2,(H,24,27). The average Bonchev–Trinajstić information content (AvgIpc) is 2.71. The number of nitrogens with one attached hydrogen (secondary N) is 1. The third kappa shape index (κ3) is 5.61. The molecule has 0 radical (unpaired) electrons. The van der Waals surface area contributed by atoms with Gasteiger partial charge in [0, 0.05) is 38.3 Å². The van der Waals surface area contributed by atoms with Gasteiger partial charge in [0.15, 0.2) is 0 Å². The number of unbranched alkanes of at least 4 members (excludes halogenated alkanes) is 1.